The second kappa shape index (κ2) is 11.7. The molecule has 4 nitrogen and oxygen atoms in total. The molecule has 114 valence electrons. The summed E-state index contributed by atoms with van der Waals surface area (Å²) in [6.45, 7) is 6.32. The van der Waals surface area contributed by atoms with Gasteiger partial charge in [-0.25, -0.2) is 0 Å². The van der Waals surface area contributed by atoms with Gasteiger partial charge < -0.3 is 19.5 Å². The largest absolute Gasteiger partial charge is 0.491 e. The summed E-state index contributed by atoms with van der Waals surface area (Å²) in [5, 5.41) is 3.12. The van der Waals surface area contributed by atoms with Gasteiger partial charge in [-0.05, 0) is 31.2 Å². The van der Waals surface area contributed by atoms with E-state index in [4.69, 9.17) is 14.2 Å². The fourth-order valence-electron chi connectivity index (χ4n) is 1.69. The van der Waals surface area contributed by atoms with Crippen LogP contribution in [-0.4, -0.2) is 40.1 Å². The zero-order valence-corrected chi connectivity index (χ0v) is 12.7. The number of rotatable bonds is 12. The summed E-state index contributed by atoms with van der Waals surface area (Å²) < 4.78 is 16.4. The minimum absolute atomic E-state index is 0.570. The Labute approximate surface area is 122 Å². The van der Waals surface area contributed by atoms with Gasteiger partial charge in [0, 0.05) is 13.2 Å². The van der Waals surface area contributed by atoms with Gasteiger partial charge in [0.25, 0.3) is 0 Å². The first kappa shape index (κ1) is 17.0. The highest BCUT2D eigenvalue weighted by atomic mass is 16.5. The Balaban J connectivity index is 1.98. The van der Waals surface area contributed by atoms with Gasteiger partial charge in [0.2, 0.25) is 0 Å². The highest BCUT2D eigenvalue weighted by molar-refractivity contribution is 5.27. The maximum atomic E-state index is 5.60. The van der Waals surface area contributed by atoms with E-state index in [2.05, 4.69) is 24.4 Å². The standard InChI is InChI=1S/C16H27NO3/c1-3-4-9-18-10-11-19-12-13-20-16-7-5-15(6-8-16)14-17-2/h5-8,17H,3-4,9-14H2,1-2H3. The van der Waals surface area contributed by atoms with Crippen molar-refractivity contribution < 1.29 is 14.2 Å². The van der Waals surface area contributed by atoms with E-state index in [0.29, 0.717) is 26.4 Å². The fraction of sp³-hybridized carbons (Fsp3) is 0.625. The number of unbranched alkanes of at least 4 members (excludes halogenated alkanes) is 1. The van der Waals surface area contributed by atoms with Gasteiger partial charge in [-0.2, -0.15) is 0 Å². The summed E-state index contributed by atoms with van der Waals surface area (Å²) in [6.07, 6.45) is 2.29. The molecular weight excluding hydrogens is 254 g/mol. The maximum absolute atomic E-state index is 5.60. The van der Waals surface area contributed by atoms with Gasteiger partial charge in [-0.1, -0.05) is 25.5 Å². The molecule has 0 aliphatic rings. The van der Waals surface area contributed by atoms with Crippen molar-refractivity contribution >= 4 is 0 Å². The van der Waals surface area contributed by atoms with Crippen LogP contribution in [0.1, 0.15) is 25.3 Å². The van der Waals surface area contributed by atoms with Crippen LogP contribution in [0.25, 0.3) is 0 Å². The van der Waals surface area contributed by atoms with Crippen molar-refractivity contribution in [3.8, 4) is 5.75 Å². The molecule has 0 saturated carbocycles. The smallest absolute Gasteiger partial charge is 0.119 e. The van der Waals surface area contributed by atoms with Crippen molar-refractivity contribution in [3.05, 3.63) is 29.8 Å². The van der Waals surface area contributed by atoms with Crippen molar-refractivity contribution in [2.45, 2.75) is 26.3 Å². The number of hydrogen-bond acceptors (Lipinski definition) is 4. The van der Waals surface area contributed by atoms with E-state index in [-0.39, 0.29) is 0 Å². The van der Waals surface area contributed by atoms with Crippen LogP contribution >= 0.6 is 0 Å². The molecule has 0 aromatic heterocycles. The van der Waals surface area contributed by atoms with Crippen LogP contribution in [-0.2, 0) is 16.0 Å². The van der Waals surface area contributed by atoms with Crippen LogP contribution in [0.15, 0.2) is 24.3 Å². The van der Waals surface area contributed by atoms with Crippen molar-refractivity contribution in [1.29, 1.82) is 0 Å². The van der Waals surface area contributed by atoms with E-state index >= 15 is 0 Å². The molecule has 0 aliphatic carbocycles. The van der Waals surface area contributed by atoms with Gasteiger partial charge in [-0.3, -0.25) is 0 Å². The molecular formula is C16H27NO3. The lowest BCUT2D eigenvalue weighted by atomic mass is 10.2. The Morgan fingerprint density at radius 2 is 1.55 bits per heavy atom. The van der Waals surface area contributed by atoms with Crippen LogP contribution in [0.5, 0.6) is 5.75 Å². The molecule has 1 N–H and O–H groups in total. The Kier molecular flexibility index (Phi) is 9.92. The summed E-state index contributed by atoms with van der Waals surface area (Å²) >= 11 is 0. The quantitative estimate of drug-likeness (QED) is 0.598. The van der Waals surface area contributed by atoms with E-state index in [1.54, 1.807) is 0 Å². The Morgan fingerprint density at radius 3 is 2.20 bits per heavy atom. The summed E-state index contributed by atoms with van der Waals surface area (Å²) in [5.74, 6) is 0.882. The molecule has 0 bridgehead atoms. The molecule has 20 heavy (non-hydrogen) atoms. The van der Waals surface area contributed by atoms with E-state index in [1.807, 2.05) is 19.2 Å². The average Bonchev–Trinajstić information content (AvgIpc) is 2.47. The molecule has 0 atom stereocenters. The molecule has 4 heteroatoms. The first-order valence-corrected chi connectivity index (χ1v) is 7.38. The zero-order valence-electron chi connectivity index (χ0n) is 12.7. The molecule has 0 unspecified atom stereocenters. The lowest BCUT2D eigenvalue weighted by Gasteiger charge is -2.08. The third-order valence-electron chi connectivity index (χ3n) is 2.81. The van der Waals surface area contributed by atoms with Gasteiger partial charge in [0.1, 0.15) is 12.4 Å². The molecule has 0 saturated heterocycles. The number of ether oxygens (including phenoxy) is 3. The van der Waals surface area contributed by atoms with Gasteiger partial charge >= 0.3 is 0 Å². The van der Waals surface area contributed by atoms with Crippen LogP contribution in [0.2, 0.25) is 0 Å². The molecule has 0 spiro atoms. The normalized spacial score (nSPS) is 10.7. The Morgan fingerprint density at radius 1 is 0.900 bits per heavy atom. The van der Waals surface area contributed by atoms with E-state index < -0.39 is 0 Å². The SMILES string of the molecule is CCCCOCCOCCOc1ccc(CNC)cc1. The third kappa shape index (κ3) is 8.15. The lowest BCUT2D eigenvalue weighted by molar-refractivity contribution is 0.0356. The first-order valence-electron chi connectivity index (χ1n) is 7.38. The number of hydrogen-bond donors (Lipinski definition) is 1. The molecule has 1 aromatic carbocycles. The second-order valence-corrected chi connectivity index (χ2v) is 4.60. The Bertz CT molecular complexity index is 327. The minimum Gasteiger partial charge on any atom is -0.491 e. The van der Waals surface area contributed by atoms with E-state index in [0.717, 1.165) is 25.3 Å². The topological polar surface area (TPSA) is 39.7 Å². The van der Waals surface area contributed by atoms with Gasteiger partial charge in [-0.15, -0.1) is 0 Å². The predicted octanol–water partition coefficient (Wildman–Crippen LogP) is 2.62. The molecule has 0 aliphatic heterocycles. The molecule has 1 aromatic rings. The number of benzene rings is 1. The fourth-order valence-corrected chi connectivity index (χ4v) is 1.69. The summed E-state index contributed by atoms with van der Waals surface area (Å²) in [7, 11) is 1.94. The van der Waals surface area contributed by atoms with E-state index in [9.17, 15) is 0 Å². The van der Waals surface area contributed by atoms with Crippen LogP contribution < -0.4 is 10.1 Å². The van der Waals surface area contributed by atoms with Crippen LogP contribution in [0, 0.1) is 0 Å². The highest BCUT2D eigenvalue weighted by Crippen LogP contribution is 2.11. The van der Waals surface area contributed by atoms with Crippen molar-refractivity contribution in [1.82, 2.24) is 5.32 Å². The average molecular weight is 281 g/mol. The summed E-state index contributed by atoms with van der Waals surface area (Å²) in [6, 6.07) is 8.10. The molecule has 0 heterocycles. The zero-order chi connectivity index (χ0) is 14.5. The monoisotopic (exact) mass is 281 g/mol. The highest BCUT2D eigenvalue weighted by Gasteiger charge is 1.95. The van der Waals surface area contributed by atoms with Gasteiger partial charge in [0.05, 0.1) is 19.8 Å². The summed E-state index contributed by atoms with van der Waals surface area (Å²) in [5.41, 5.74) is 1.25. The summed E-state index contributed by atoms with van der Waals surface area (Å²) in [4.78, 5) is 0. The molecule has 0 amide bonds. The van der Waals surface area contributed by atoms with Crippen molar-refractivity contribution in [2.75, 3.05) is 40.1 Å². The van der Waals surface area contributed by atoms with Crippen molar-refractivity contribution in [3.63, 3.8) is 0 Å². The number of nitrogens with one attached hydrogen (secondary N) is 1. The van der Waals surface area contributed by atoms with Crippen molar-refractivity contribution in [2.24, 2.45) is 0 Å². The van der Waals surface area contributed by atoms with Crippen LogP contribution in [0.4, 0.5) is 0 Å². The second-order valence-electron chi connectivity index (χ2n) is 4.60. The first-order chi connectivity index (χ1) is 9.86. The maximum Gasteiger partial charge on any atom is 0.119 e. The molecule has 0 fully saturated rings. The van der Waals surface area contributed by atoms with Gasteiger partial charge in [0.15, 0.2) is 0 Å². The lowest BCUT2D eigenvalue weighted by Crippen LogP contribution is -2.11. The molecule has 0 radical (unpaired) electrons. The van der Waals surface area contributed by atoms with Crippen LogP contribution in [0.3, 0.4) is 0 Å². The van der Waals surface area contributed by atoms with E-state index in [1.165, 1.54) is 12.0 Å². The third-order valence-corrected chi connectivity index (χ3v) is 2.81. The Hall–Kier alpha value is -1.10. The predicted molar refractivity (Wildman–Crippen MR) is 81.2 cm³/mol. The molecule has 1 rings (SSSR count). The minimum atomic E-state index is 0.570.